The topological polar surface area (TPSA) is 122 Å². The van der Waals surface area contributed by atoms with Crippen molar-refractivity contribution in [2.24, 2.45) is 0 Å². The monoisotopic (exact) mass is 337 g/mol. The van der Waals surface area contributed by atoms with Gasteiger partial charge < -0.3 is 10.4 Å². The number of carboxylic acid groups (broad SMARTS) is 1. The number of pyridine rings is 1. The quantitative estimate of drug-likeness (QED) is 0.557. The Morgan fingerprint density at radius 2 is 1.84 bits per heavy atom. The van der Waals surface area contributed by atoms with Crippen LogP contribution < -0.4 is 5.32 Å². The number of nitro groups is 1. The molecule has 3 aromatic rings. The molecule has 1 amide bonds. The van der Waals surface area contributed by atoms with Gasteiger partial charge in [0, 0.05) is 17.6 Å². The molecule has 0 bridgehead atoms. The fourth-order valence-corrected chi connectivity index (χ4v) is 2.51. The second-order valence-electron chi connectivity index (χ2n) is 5.09. The minimum absolute atomic E-state index is 0.289. The molecule has 0 unspecified atom stereocenters. The molecule has 8 nitrogen and oxygen atoms in total. The lowest BCUT2D eigenvalue weighted by molar-refractivity contribution is -0.385. The van der Waals surface area contributed by atoms with Crippen LogP contribution in [0.2, 0.25) is 0 Å². The minimum atomic E-state index is -1.54. The van der Waals surface area contributed by atoms with Crippen molar-refractivity contribution in [1.29, 1.82) is 0 Å². The predicted molar refractivity (Wildman–Crippen MR) is 89.8 cm³/mol. The highest BCUT2D eigenvalue weighted by Crippen LogP contribution is 2.25. The molecule has 2 N–H and O–H groups in total. The zero-order valence-electron chi connectivity index (χ0n) is 12.7. The van der Waals surface area contributed by atoms with Crippen molar-refractivity contribution in [3.63, 3.8) is 0 Å². The Labute approximate surface area is 140 Å². The van der Waals surface area contributed by atoms with E-state index in [1.807, 2.05) is 0 Å². The van der Waals surface area contributed by atoms with Gasteiger partial charge in [-0.25, -0.2) is 4.79 Å². The van der Waals surface area contributed by atoms with Crippen molar-refractivity contribution in [3.05, 3.63) is 76.0 Å². The maximum Gasteiger partial charge on any atom is 0.343 e. The predicted octanol–water partition coefficient (Wildman–Crippen LogP) is 3.09. The zero-order valence-corrected chi connectivity index (χ0v) is 12.7. The van der Waals surface area contributed by atoms with Crippen LogP contribution in [-0.4, -0.2) is 26.9 Å². The van der Waals surface area contributed by atoms with Crippen molar-refractivity contribution in [3.8, 4) is 0 Å². The highest BCUT2D eigenvalue weighted by atomic mass is 16.6. The number of nitrogens with one attached hydrogen (secondary N) is 1. The molecule has 0 fully saturated rings. The minimum Gasteiger partial charge on any atom is -0.477 e. The lowest BCUT2D eigenvalue weighted by Gasteiger charge is -2.10. The fraction of sp³-hybridized carbons (Fsp3) is 0. The van der Waals surface area contributed by atoms with Gasteiger partial charge in [0.2, 0.25) is 0 Å². The van der Waals surface area contributed by atoms with Crippen LogP contribution >= 0.6 is 0 Å². The number of carbonyl (C=O) groups excluding carboxylic acids is 1. The van der Waals surface area contributed by atoms with Crippen molar-refractivity contribution in [2.75, 3.05) is 5.32 Å². The van der Waals surface area contributed by atoms with E-state index >= 15 is 0 Å². The van der Waals surface area contributed by atoms with Crippen LogP contribution in [0, 0.1) is 10.1 Å². The standard InChI is InChI=1S/C17H11N3O5/c21-16(11-4-1-8-14(20(24)25)15(11)17(22)23)19-13-7-2-6-12-10(13)5-3-9-18-12/h1-9H,(H,19,21)(H,22,23). The van der Waals surface area contributed by atoms with Gasteiger partial charge in [-0.2, -0.15) is 0 Å². The average Bonchev–Trinajstić information content (AvgIpc) is 2.61. The smallest absolute Gasteiger partial charge is 0.343 e. The van der Waals surface area contributed by atoms with Crippen LogP contribution in [0.25, 0.3) is 10.9 Å². The number of benzene rings is 2. The van der Waals surface area contributed by atoms with Crippen molar-refractivity contribution in [2.45, 2.75) is 0 Å². The first-order valence-corrected chi connectivity index (χ1v) is 7.15. The second kappa shape index (κ2) is 6.36. The summed E-state index contributed by atoms with van der Waals surface area (Å²) in [5.41, 5.74) is -0.498. The van der Waals surface area contributed by atoms with Gasteiger partial charge in [0.1, 0.15) is 5.56 Å². The summed E-state index contributed by atoms with van der Waals surface area (Å²) >= 11 is 0. The van der Waals surface area contributed by atoms with Gasteiger partial charge >= 0.3 is 5.97 Å². The largest absolute Gasteiger partial charge is 0.477 e. The first kappa shape index (κ1) is 16.1. The van der Waals surface area contributed by atoms with Crippen LogP contribution in [0.4, 0.5) is 11.4 Å². The van der Waals surface area contributed by atoms with Gasteiger partial charge in [-0.15, -0.1) is 0 Å². The molecule has 2 aromatic carbocycles. The molecule has 1 heterocycles. The third-order valence-electron chi connectivity index (χ3n) is 3.59. The number of aromatic carboxylic acids is 1. The van der Waals surface area contributed by atoms with Gasteiger partial charge in [0.05, 0.1) is 21.7 Å². The molecule has 0 saturated carbocycles. The summed E-state index contributed by atoms with van der Waals surface area (Å²) in [6.07, 6.45) is 1.61. The summed E-state index contributed by atoms with van der Waals surface area (Å²) in [5, 5.41) is 23.6. The summed E-state index contributed by atoms with van der Waals surface area (Å²) in [6.45, 7) is 0. The van der Waals surface area contributed by atoms with E-state index in [2.05, 4.69) is 10.3 Å². The molecule has 8 heteroatoms. The number of hydrogen-bond acceptors (Lipinski definition) is 5. The lowest BCUT2D eigenvalue weighted by atomic mass is 10.0. The SMILES string of the molecule is O=C(Nc1cccc2ncccc12)c1cccc([N+](=O)[O-])c1C(=O)O. The second-order valence-corrected chi connectivity index (χ2v) is 5.09. The molecule has 0 aliphatic carbocycles. The van der Waals surface area contributed by atoms with Gasteiger partial charge in [-0.3, -0.25) is 19.9 Å². The number of anilines is 1. The molecule has 3 rings (SSSR count). The van der Waals surface area contributed by atoms with E-state index in [4.69, 9.17) is 0 Å². The highest BCUT2D eigenvalue weighted by Gasteiger charge is 2.27. The Bertz CT molecular complexity index is 1010. The molecule has 0 aliphatic rings. The van der Waals surface area contributed by atoms with Crippen LogP contribution in [0.5, 0.6) is 0 Å². The summed E-state index contributed by atoms with van der Waals surface area (Å²) in [4.78, 5) is 38.3. The van der Waals surface area contributed by atoms with Crippen LogP contribution in [0.15, 0.2) is 54.7 Å². The molecular formula is C17H11N3O5. The number of carbonyl (C=O) groups is 2. The molecule has 25 heavy (non-hydrogen) atoms. The van der Waals surface area contributed by atoms with E-state index in [0.717, 1.165) is 6.07 Å². The van der Waals surface area contributed by atoms with E-state index in [-0.39, 0.29) is 5.56 Å². The van der Waals surface area contributed by atoms with Gasteiger partial charge in [-0.1, -0.05) is 12.1 Å². The van der Waals surface area contributed by atoms with E-state index in [1.165, 1.54) is 12.1 Å². The Hall–Kier alpha value is -3.81. The van der Waals surface area contributed by atoms with Crippen LogP contribution in [0.1, 0.15) is 20.7 Å². The molecule has 0 radical (unpaired) electrons. The number of nitrogens with zero attached hydrogens (tertiary/aromatic N) is 2. The fourth-order valence-electron chi connectivity index (χ4n) is 2.51. The Kier molecular flexibility index (Phi) is 4.09. The van der Waals surface area contributed by atoms with Gasteiger partial charge in [0.15, 0.2) is 0 Å². The molecule has 0 spiro atoms. The Morgan fingerprint density at radius 3 is 2.56 bits per heavy atom. The van der Waals surface area contributed by atoms with E-state index in [0.29, 0.717) is 16.6 Å². The maximum atomic E-state index is 12.5. The number of nitro benzene ring substituents is 1. The third-order valence-corrected chi connectivity index (χ3v) is 3.59. The number of fused-ring (bicyclic) bond motifs is 1. The molecule has 0 atom stereocenters. The molecule has 0 saturated heterocycles. The van der Waals surface area contributed by atoms with Crippen LogP contribution in [-0.2, 0) is 0 Å². The van der Waals surface area contributed by atoms with Gasteiger partial charge in [0.25, 0.3) is 11.6 Å². The number of aromatic nitrogens is 1. The van der Waals surface area contributed by atoms with E-state index in [1.54, 1.807) is 36.5 Å². The van der Waals surface area contributed by atoms with Crippen LogP contribution in [0.3, 0.4) is 0 Å². The van der Waals surface area contributed by atoms with Gasteiger partial charge in [-0.05, 0) is 30.3 Å². The van der Waals surface area contributed by atoms with Crippen molar-refractivity contribution < 1.29 is 19.6 Å². The molecule has 0 aliphatic heterocycles. The van der Waals surface area contributed by atoms with Crippen molar-refractivity contribution >= 4 is 34.2 Å². The molecule has 124 valence electrons. The summed E-state index contributed by atoms with van der Waals surface area (Å²) in [6, 6.07) is 12.1. The Balaban J connectivity index is 2.06. The number of amides is 1. The lowest BCUT2D eigenvalue weighted by Crippen LogP contribution is -2.18. The first-order valence-electron chi connectivity index (χ1n) is 7.15. The van der Waals surface area contributed by atoms with Crippen molar-refractivity contribution in [1.82, 2.24) is 4.98 Å². The number of rotatable bonds is 4. The summed E-state index contributed by atoms with van der Waals surface area (Å²) in [7, 11) is 0. The average molecular weight is 337 g/mol. The maximum absolute atomic E-state index is 12.5. The van der Waals surface area contributed by atoms with E-state index < -0.39 is 28.1 Å². The first-order chi connectivity index (χ1) is 12.0. The summed E-state index contributed by atoms with van der Waals surface area (Å²) < 4.78 is 0. The molecule has 1 aromatic heterocycles. The Morgan fingerprint density at radius 1 is 1.08 bits per heavy atom. The van der Waals surface area contributed by atoms with E-state index in [9.17, 15) is 24.8 Å². The normalized spacial score (nSPS) is 10.4. The molecular weight excluding hydrogens is 326 g/mol. The summed E-state index contributed by atoms with van der Waals surface area (Å²) in [5.74, 6) is -2.30. The number of hydrogen-bond donors (Lipinski definition) is 2. The third kappa shape index (κ3) is 3.00. The highest BCUT2D eigenvalue weighted by molar-refractivity contribution is 6.14. The zero-order chi connectivity index (χ0) is 18.0. The number of carboxylic acids is 1.